The molecule has 200 valence electrons. The number of nitrogens with zero attached hydrogens (tertiary/aromatic N) is 1. The Morgan fingerprint density at radius 3 is 2.39 bits per heavy atom. The SMILES string of the molecule is CCOC(=O)c1cc(C(F)(F)F)cc(C2=C(c3cc(Cl)ccc3OCc3cc(F)c(F)cc3F)CCC2)n1. The highest BCUT2D eigenvalue weighted by Crippen LogP contribution is 2.44. The average molecular weight is 556 g/mol. The second-order valence-corrected chi connectivity index (χ2v) is 8.88. The first-order chi connectivity index (χ1) is 18.0. The van der Waals surface area contributed by atoms with Gasteiger partial charge in [-0.15, -0.1) is 0 Å². The number of rotatable bonds is 7. The van der Waals surface area contributed by atoms with E-state index >= 15 is 0 Å². The summed E-state index contributed by atoms with van der Waals surface area (Å²) in [6, 6.07) is 7.13. The van der Waals surface area contributed by atoms with Crippen molar-refractivity contribution in [3.63, 3.8) is 0 Å². The second kappa shape index (κ2) is 11.1. The highest BCUT2D eigenvalue weighted by molar-refractivity contribution is 6.30. The summed E-state index contributed by atoms with van der Waals surface area (Å²) in [6.07, 6.45) is -3.38. The van der Waals surface area contributed by atoms with Gasteiger partial charge in [-0.1, -0.05) is 11.6 Å². The number of benzene rings is 2. The number of allylic oxidation sites excluding steroid dienone is 2. The van der Waals surface area contributed by atoms with Crippen molar-refractivity contribution in [2.45, 2.75) is 39.0 Å². The molecule has 2 aromatic carbocycles. The van der Waals surface area contributed by atoms with E-state index in [-0.39, 0.29) is 23.6 Å². The molecule has 11 heteroatoms. The molecule has 3 aromatic rings. The Hall–Kier alpha value is -3.53. The fraction of sp³-hybridized carbons (Fsp3) is 0.259. The van der Waals surface area contributed by atoms with Crippen LogP contribution in [-0.4, -0.2) is 17.6 Å². The van der Waals surface area contributed by atoms with E-state index in [0.29, 0.717) is 59.2 Å². The van der Waals surface area contributed by atoms with Crippen molar-refractivity contribution in [2.75, 3.05) is 6.61 Å². The Kier molecular flexibility index (Phi) is 8.01. The molecule has 0 fully saturated rings. The summed E-state index contributed by atoms with van der Waals surface area (Å²) in [4.78, 5) is 16.4. The molecule has 0 N–H and O–H groups in total. The molecule has 0 bridgehead atoms. The van der Waals surface area contributed by atoms with Crippen LogP contribution in [0.4, 0.5) is 26.3 Å². The van der Waals surface area contributed by atoms with Gasteiger partial charge in [0.15, 0.2) is 11.6 Å². The number of hydrogen-bond donors (Lipinski definition) is 0. The highest BCUT2D eigenvalue weighted by Gasteiger charge is 2.34. The molecule has 0 atom stereocenters. The van der Waals surface area contributed by atoms with Crippen LogP contribution in [0.2, 0.25) is 5.02 Å². The third-order valence-corrected chi connectivity index (χ3v) is 6.14. The molecule has 1 aliphatic rings. The van der Waals surface area contributed by atoms with Crippen LogP contribution >= 0.6 is 11.6 Å². The van der Waals surface area contributed by atoms with Crippen LogP contribution in [-0.2, 0) is 17.5 Å². The first kappa shape index (κ1) is 27.5. The maximum absolute atomic E-state index is 14.1. The van der Waals surface area contributed by atoms with Gasteiger partial charge in [0.25, 0.3) is 0 Å². The third-order valence-electron chi connectivity index (χ3n) is 5.90. The number of hydrogen-bond acceptors (Lipinski definition) is 4. The first-order valence-corrected chi connectivity index (χ1v) is 11.9. The topological polar surface area (TPSA) is 48.4 Å². The zero-order valence-corrected chi connectivity index (χ0v) is 20.7. The monoisotopic (exact) mass is 555 g/mol. The van der Waals surface area contributed by atoms with Crippen LogP contribution in [0.15, 0.2) is 42.5 Å². The van der Waals surface area contributed by atoms with Gasteiger partial charge in [0.1, 0.15) is 23.9 Å². The van der Waals surface area contributed by atoms with Gasteiger partial charge in [0.05, 0.1) is 17.9 Å². The van der Waals surface area contributed by atoms with Gasteiger partial charge in [-0.3, -0.25) is 0 Å². The van der Waals surface area contributed by atoms with Crippen molar-refractivity contribution in [1.29, 1.82) is 0 Å². The van der Waals surface area contributed by atoms with Gasteiger partial charge in [0, 0.05) is 22.2 Å². The van der Waals surface area contributed by atoms with E-state index in [4.69, 9.17) is 21.1 Å². The number of halogens is 7. The van der Waals surface area contributed by atoms with Gasteiger partial charge >= 0.3 is 12.1 Å². The number of aromatic nitrogens is 1. The van der Waals surface area contributed by atoms with E-state index in [1.165, 1.54) is 19.1 Å². The smallest absolute Gasteiger partial charge is 0.416 e. The predicted molar refractivity (Wildman–Crippen MR) is 128 cm³/mol. The van der Waals surface area contributed by atoms with E-state index in [2.05, 4.69) is 4.98 Å². The molecule has 0 unspecified atom stereocenters. The van der Waals surface area contributed by atoms with Crippen LogP contribution in [0.25, 0.3) is 11.1 Å². The minimum atomic E-state index is -4.74. The summed E-state index contributed by atoms with van der Waals surface area (Å²) in [7, 11) is 0. The van der Waals surface area contributed by atoms with Crippen LogP contribution in [0.3, 0.4) is 0 Å². The molecule has 0 radical (unpaired) electrons. The van der Waals surface area contributed by atoms with Crippen molar-refractivity contribution in [1.82, 2.24) is 4.98 Å². The first-order valence-electron chi connectivity index (χ1n) is 11.5. The molecule has 0 amide bonds. The molecule has 1 heterocycles. The Morgan fingerprint density at radius 1 is 0.974 bits per heavy atom. The molecule has 0 saturated heterocycles. The fourth-order valence-electron chi connectivity index (χ4n) is 4.18. The number of pyridine rings is 1. The molecule has 38 heavy (non-hydrogen) atoms. The summed E-state index contributed by atoms with van der Waals surface area (Å²) in [5, 5.41) is 0.300. The second-order valence-electron chi connectivity index (χ2n) is 8.44. The van der Waals surface area contributed by atoms with E-state index in [0.717, 1.165) is 6.07 Å². The van der Waals surface area contributed by atoms with Crippen molar-refractivity contribution < 1.29 is 40.6 Å². The minimum absolute atomic E-state index is 0.0399. The van der Waals surface area contributed by atoms with Crippen molar-refractivity contribution in [3.8, 4) is 5.75 Å². The third kappa shape index (κ3) is 5.96. The van der Waals surface area contributed by atoms with Crippen LogP contribution in [0, 0.1) is 17.5 Å². The van der Waals surface area contributed by atoms with Gasteiger partial charge in [-0.2, -0.15) is 13.2 Å². The number of esters is 1. The molecule has 1 aromatic heterocycles. The lowest BCUT2D eigenvalue weighted by atomic mass is 9.98. The summed E-state index contributed by atoms with van der Waals surface area (Å²) in [6.45, 7) is 1.04. The van der Waals surface area contributed by atoms with Crippen LogP contribution < -0.4 is 4.74 Å². The van der Waals surface area contributed by atoms with E-state index in [1.807, 2.05) is 0 Å². The Morgan fingerprint density at radius 2 is 1.68 bits per heavy atom. The largest absolute Gasteiger partial charge is 0.488 e. The van der Waals surface area contributed by atoms with Gasteiger partial charge < -0.3 is 9.47 Å². The number of carbonyl (C=O) groups is 1. The Bertz CT molecular complexity index is 1420. The van der Waals surface area contributed by atoms with E-state index < -0.39 is 47.5 Å². The lowest BCUT2D eigenvalue weighted by Gasteiger charge is -2.16. The molecule has 0 aliphatic heterocycles. The normalized spacial score (nSPS) is 13.7. The Balaban J connectivity index is 1.78. The van der Waals surface area contributed by atoms with Gasteiger partial charge in [-0.25, -0.2) is 22.9 Å². The van der Waals surface area contributed by atoms with Crippen LogP contribution in [0.5, 0.6) is 5.75 Å². The minimum Gasteiger partial charge on any atom is -0.488 e. The molecule has 4 rings (SSSR count). The standard InChI is InChI=1S/C27H20ClF6NO3/c1-2-37-26(36)24-10-15(27(32,33)34)9-23(35-24)18-5-3-4-17(18)19-11-16(28)6-7-25(19)38-13-14-8-21(30)22(31)12-20(14)29/h6-12H,2-5,13H2,1H3. The van der Waals surface area contributed by atoms with E-state index in [9.17, 15) is 31.1 Å². The lowest BCUT2D eigenvalue weighted by Crippen LogP contribution is -2.13. The summed E-state index contributed by atoms with van der Waals surface area (Å²) in [5.74, 6) is -4.36. The Labute approximate surface area is 218 Å². The highest BCUT2D eigenvalue weighted by atomic mass is 35.5. The zero-order valence-electron chi connectivity index (χ0n) is 19.9. The summed E-state index contributed by atoms with van der Waals surface area (Å²) < 4.78 is 92.6. The quantitative estimate of drug-likeness (QED) is 0.168. The summed E-state index contributed by atoms with van der Waals surface area (Å²) >= 11 is 6.20. The molecular formula is C27H20ClF6NO3. The number of ether oxygens (including phenoxy) is 2. The lowest BCUT2D eigenvalue weighted by molar-refractivity contribution is -0.137. The van der Waals surface area contributed by atoms with Gasteiger partial charge in [0.2, 0.25) is 0 Å². The predicted octanol–water partition coefficient (Wildman–Crippen LogP) is 8.02. The fourth-order valence-corrected chi connectivity index (χ4v) is 4.35. The van der Waals surface area contributed by atoms with Crippen molar-refractivity contribution in [3.05, 3.63) is 93.0 Å². The average Bonchev–Trinajstić information content (AvgIpc) is 3.35. The maximum atomic E-state index is 14.1. The van der Waals surface area contributed by atoms with Crippen molar-refractivity contribution in [2.24, 2.45) is 0 Å². The molecule has 4 nitrogen and oxygen atoms in total. The number of carbonyl (C=O) groups excluding carboxylic acids is 1. The molecular weight excluding hydrogens is 536 g/mol. The zero-order chi connectivity index (χ0) is 27.6. The molecule has 0 spiro atoms. The van der Waals surface area contributed by atoms with Gasteiger partial charge in [-0.05, 0) is 73.7 Å². The maximum Gasteiger partial charge on any atom is 0.416 e. The molecule has 0 saturated carbocycles. The van der Waals surface area contributed by atoms with Crippen molar-refractivity contribution >= 4 is 28.7 Å². The molecule has 1 aliphatic carbocycles. The van der Waals surface area contributed by atoms with Crippen LogP contribution in [0.1, 0.15) is 59.1 Å². The summed E-state index contributed by atoms with van der Waals surface area (Å²) in [5.41, 5.74) is -0.364. The van der Waals surface area contributed by atoms with E-state index in [1.54, 1.807) is 6.07 Å². The number of alkyl halides is 3.